The van der Waals surface area contributed by atoms with E-state index >= 15 is 0 Å². The van der Waals surface area contributed by atoms with E-state index in [9.17, 15) is 9.59 Å². The van der Waals surface area contributed by atoms with Crippen LogP contribution in [0, 0.1) is 5.92 Å². The Morgan fingerprint density at radius 2 is 2.12 bits per heavy atom. The van der Waals surface area contributed by atoms with Crippen molar-refractivity contribution in [2.75, 3.05) is 5.32 Å². The van der Waals surface area contributed by atoms with E-state index in [0.29, 0.717) is 29.5 Å². The van der Waals surface area contributed by atoms with Crippen molar-refractivity contribution in [3.05, 3.63) is 47.3 Å². The van der Waals surface area contributed by atoms with E-state index in [1.165, 1.54) is 0 Å². The lowest BCUT2D eigenvalue weighted by Crippen LogP contribution is -2.16. The van der Waals surface area contributed by atoms with Gasteiger partial charge in [-0.3, -0.25) is 14.3 Å². The number of hydrogen-bond acceptors (Lipinski definition) is 3. The highest BCUT2D eigenvalue weighted by atomic mass is 16.4. The van der Waals surface area contributed by atoms with Crippen molar-refractivity contribution in [1.29, 1.82) is 0 Å². The molecule has 1 amide bonds. The van der Waals surface area contributed by atoms with Crippen LogP contribution in [-0.4, -0.2) is 26.8 Å². The first-order valence-electron chi connectivity index (χ1n) is 9.12. The van der Waals surface area contributed by atoms with E-state index < -0.39 is 5.97 Å². The number of carboxylic acids is 1. The number of aryl methyl sites for hydroxylation is 1. The molecule has 0 radical (unpaired) electrons. The van der Waals surface area contributed by atoms with Crippen LogP contribution in [0.3, 0.4) is 0 Å². The molecule has 3 rings (SSSR count). The van der Waals surface area contributed by atoms with Crippen LogP contribution in [0.2, 0.25) is 0 Å². The third-order valence-corrected chi connectivity index (χ3v) is 4.44. The molecule has 1 aliphatic carbocycles. The number of aromatic nitrogens is 2. The maximum absolute atomic E-state index is 12.8. The zero-order valence-corrected chi connectivity index (χ0v) is 15.2. The molecule has 6 heteroatoms. The number of carboxylic acid groups (broad SMARTS) is 1. The van der Waals surface area contributed by atoms with Gasteiger partial charge in [-0.1, -0.05) is 26.0 Å². The van der Waals surface area contributed by atoms with Crippen LogP contribution in [0.5, 0.6) is 0 Å². The van der Waals surface area contributed by atoms with Crippen LogP contribution >= 0.6 is 0 Å². The quantitative estimate of drug-likeness (QED) is 0.756. The van der Waals surface area contributed by atoms with E-state index in [-0.39, 0.29) is 12.3 Å². The summed E-state index contributed by atoms with van der Waals surface area (Å²) >= 11 is 0. The second-order valence-corrected chi connectivity index (χ2v) is 7.34. The number of amides is 1. The number of anilines is 1. The number of rotatable bonds is 8. The smallest absolute Gasteiger partial charge is 0.303 e. The fourth-order valence-electron chi connectivity index (χ4n) is 3.10. The molecule has 1 aliphatic rings. The predicted molar refractivity (Wildman–Crippen MR) is 99.4 cm³/mol. The van der Waals surface area contributed by atoms with E-state index in [0.717, 1.165) is 30.6 Å². The number of nitrogens with zero attached hydrogens (tertiary/aromatic N) is 2. The van der Waals surface area contributed by atoms with Crippen molar-refractivity contribution in [3.63, 3.8) is 0 Å². The van der Waals surface area contributed by atoms with E-state index in [1.54, 1.807) is 6.20 Å². The molecule has 1 heterocycles. The molecule has 0 atom stereocenters. The van der Waals surface area contributed by atoms with Gasteiger partial charge >= 0.3 is 5.97 Å². The molecular formula is C20H25N3O3. The summed E-state index contributed by atoms with van der Waals surface area (Å²) in [6.45, 7) is 5.09. The lowest BCUT2D eigenvalue weighted by Gasteiger charge is -2.11. The molecule has 0 aliphatic heterocycles. The zero-order valence-electron chi connectivity index (χ0n) is 15.2. The lowest BCUT2D eigenvalue weighted by molar-refractivity contribution is -0.136. The maximum atomic E-state index is 12.8. The second-order valence-electron chi connectivity index (χ2n) is 7.34. The van der Waals surface area contributed by atoms with Crippen LogP contribution in [0.15, 0.2) is 30.5 Å². The van der Waals surface area contributed by atoms with Crippen LogP contribution in [0.25, 0.3) is 0 Å². The van der Waals surface area contributed by atoms with E-state index in [1.807, 2.05) is 28.9 Å². The normalized spacial score (nSPS) is 13.8. The molecule has 1 aromatic heterocycles. The standard InChI is InChI=1S/C20H25N3O3/c1-13(2)12-23-19(15-7-8-15)17(11-21-23)20(26)22-16-5-3-4-14(10-16)6-9-18(24)25/h3-5,10-11,13,15H,6-9,12H2,1-2H3,(H,22,26)(H,24,25). The molecule has 2 aromatic rings. The first-order valence-corrected chi connectivity index (χ1v) is 9.12. The van der Waals surface area contributed by atoms with Crippen molar-refractivity contribution >= 4 is 17.6 Å². The number of hydrogen-bond donors (Lipinski definition) is 2. The molecule has 0 unspecified atom stereocenters. The summed E-state index contributed by atoms with van der Waals surface area (Å²) in [6.07, 6.45) is 4.40. The summed E-state index contributed by atoms with van der Waals surface area (Å²) in [5.74, 6) is -0.0866. The van der Waals surface area contributed by atoms with Crippen molar-refractivity contribution in [2.45, 2.75) is 52.0 Å². The molecule has 0 spiro atoms. The van der Waals surface area contributed by atoms with Crippen LogP contribution in [0.1, 0.15) is 60.6 Å². The Morgan fingerprint density at radius 3 is 2.77 bits per heavy atom. The van der Waals surface area contributed by atoms with Gasteiger partial charge in [0.1, 0.15) is 0 Å². The zero-order chi connectivity index (χ0) is 18.7. The Morgan fingerprint density at radius 1 is 1.35 bits per heavy atom. The van der Waals surface area contributed by atoms with Gasteiger partial charge in [-0.05, 0) is 42.9 Å². The average Bonchev–Trinajstić information content (AvgIpc) is 3.33. The monoisotopic (exact) mass is 355 g/mol. The highest BCUT2D eigenvalue weighted by molar-refractivity contribution is 6.05. The van der Waals surface area contributed by atoms with Gasteiger partial charge in [-0.2, -0.15) is 5.10 Å². The Bertz CT molecular complexity index is 806. The molecular weight excluding hydrogens is 330 g/mol. The molecule has 1 aromatic carbocycles. The lowest BCUT2D eigenvalue weighted by atomic mass is 10.1. The first-order chi connectivity index (χ1) is 12.4. The highest BCUT2D eigenvalue weighted by Crippen LogP contribution is 2.42. The van der Waals surface area contributed by atoms with Gasteiger partial charge in [0.2, 0.25) is 0 Å². The number of benzene rings is 1. The van der Waals surface area contributed by atoms with Gasteiger partial charge in [-0.15, -0.1) is 0 Å². The van der Waals surface area contributed by atoms with Crippen molar-refractivity contribution < 1.29 is 14.7 Å². The summed E-state index contributed by atoms with van der Waals surface area (Å²) in [5.41, 5.74) is 3.25. The van der Waals surface area contributed by atoms with Gasteiger partial charge in [-0.25, -0.2) is 0 Å². The van der Waals surface area contributed by atoms with Gasteiger partial charge in [0.05, 0.1) is 17.5 Å². The third-order valence-electron chi connectivity index (χ3n) is 4.44. The number of carbonyl (C=O) groups is 2. The first kappa shape index (κ1) is 18.2. The van der Waals surface area contributed by atoms with E-state index in [4.69, 9.17) is 5.11 Å². The van der Waals surface area contributed by atoms with Gasteiger partial charge < -0.3 is 10.4 Å². The Kier molecular flexibility index (Phi) is 5.40. The molecule has 26 heavy (non-hydrogen) atoms. The van der Waals surface area contributed by atoms with Crippen LogP contribution < -0.4 is 5.32 Å². The largest absolute Gasteiger partial charge is 0.481 e. The molecule has 1 fully saturated rings. The molecule has 0 saturated heterocycles. The molecule has 6 nitrogen and oxygen atoms in total. The molecule has 138 valence electrons. The van der Waals surface area contributed by atoms with Gasteiger partial charge in [0.25, 0.3) is 5.91 Å². The minimum Gasteiger partial charge on any atom is -0.481 e. The minimum atomic E-state index is -0.828. The minimum absolute atomic E-state index is 0.0746. The van der Waals surface area contributed by atoms with Gasteiger partial charge in [0.15, 0.2) is 0 Å². The van der Waals surface area contributed by atoms with Gasteiger partial charge in [0, 0.05) is 24.6 Å². The molecule has 2 N–H and O–H groups in total. The Balaban J connectivity index is 1.75. The summed E-state index contributed by atoms with van der Waals surface area (Å²) in [4.78, 5) is 23.5. The molecule has 1 saturated carbocycles. The SMILES string of the molecule is CC(C)Cn1ncc(C(=O)Nc2cccc(CCC(=O)O)c2)c1C1CC1. The summed E-state index contributed by atoms with van der Waals surface area (Å²) in [6, 6.07) is 7.35. The fourth-order valence-corrected chi connectivity index (χ4v) is 3.10. The number of aliphatic carboxylic acids is 1. The summed E-state index contributed by atoms with van der Waals surface area (Å²) in [5, 5.41) is 16.2. The topological polar surface area (TPSA) is 84.2 Å². The summed E-state index contributed by atoms with van der Waals surface area (Å²) < 4.78 is 1.97. The predicted octanol–water partition coefficient (Wildman–Crippen LogP) is 3.69. The third kappa shape index (κ3) is 4.50. The highest BCUT2D eigenvalue weighted by Gasteiger charge is 2.32. The maximum Gasteiger partial charge on any atom is 0.303 e. The van der Waals surface area contributed by atoms with Crippen LogP contribution in [0.4, 0.5) is 5.69 Å². The van der Waals surface area contributed by atoms with Crippen molar-refractivity contribution in [3.8, 4) is 0 Å². The number of carbonyl (C=O) groups excluding carboxylic acids is 1. The Hall–Kier alpha value is -2.63. The van der Waals surface area contributed by atoms with E-state index in [2.05, 4.69) is 24.3 Å². The number of nitrogens with one attached hydrogen (secondary N) is 1. The van der Waals surface area contributed by atoms with Crippen molar-refractivity contribution in [2.24, 2.45) is 5.92 Å². The average molecular weight is 355 g/mol. The Labute approximate surface area is 153 Å². The fraction of sp³-hybridized carbons (Fsp3) is 0.450. The second kappa shape index (κ2) is 7.72. The molecule has 0 bridgehead atoms. The van der Waals surface area contributed by atoms with Crippen molar-refractivity contribution in [1.82, 2.24) is 9.78 Å². The van der Waals surface area contributed by atoms with Crippen LogP contribution in [-0.2, 0) is 17.8 Å². The summed E-state index contributed by atoms with van der Waals surface area (Å²) in [7, 11) is 0.